The van der Waals surface area contributed by atoms with Gasteiger partial charge in [0, 0.05) is 31.0 Å². The Morgan fingerprint density at radius 1 is 1.44 bits per heavy atom. The van der Waals surface area contributed by atoms with E-state index in [0.29, 0.717) is 0 Å². The minimum absolute atomic E-state index is 0.654. The van der Waals surface area contributed by atoms with Crippen molar-refractivity contribution in [1.29, 1.82) is 0 Å². The molecule has 1 N–H and O–H groups in total. The Kier molecular flexibility index (Phi) is 3.56. The smallest absolute Gasteiger partial charge is 0.0935 e. The monoisotopic (exact) mass is 220 g/mol. The van der Waals surface area contributed by atoms with E-state index >= 15 is 0 Å². The van der Waals surface area contributed by atoms with Crippen molar-refractivity contribution < 1.29 is 5.11 Å². The molecule has 3 heteroatoms. The minimum atomic E-state index is -0.654. The van der Waals surface area contributed by atoms with Gasteiger partial charge in [0.15, 0.2) is 0 Å². The maximum atomic E-state index is 10.6. The number of likely N-dealkylation sites (tertiary alicyclic amines) is 1. The largest absolute Gasteiger partial charge is 0.385 e. The van der Waals surface area contributed by atoms with Crippen LogP contribution in [0.3, 0.4) is 0 Å². The fraction of sp³-hybridized carbons (Fsp3) is 0.615. The maximum Gasteiger partial charge on any atom is 0.0935 e. The van der Waals surface area contributed by atoms with Crippen LogP contribution in [-0.4, -0.2) is 34.6 Å². The number of nitrogens with zero attached hydrogens (tertiary/aromatic N) is 2. The highest BCUT2D eigenvalue weighted by Crippen LogP contribution is 2.32. The van der Waals surface area contributed by atoms with Crippen LogP contribution in [0.2, 0.25) is 0 Å². The van der Waals surface area contributed by atoms with E-state index < -0.39 is 5.60 Å². The Hall–Kier alpha value is -0.930. The normalized spacial score (nSPS) is 20.9. The first-order valence-corrected chi connectivity index (χ1v) is 6.10. The Labute approximate surface area is 97.1 Å². The van der Waals surface area contributed by atoms with Crippen LogP contribution in [0, 0.1) is 0 Å². The van der Waals surface area contributed by atoms with Gasteiger partial charge < -0.3 is 10.0 Å². The van der Waals surface area contributed by atoms with Gasteiger partial charge in [0.25, 0.3) is 0 Å². The molecular formula is C13H20N2O. The van der Waals surface area contributed by atoms with Crippen LogP contribution in [0.5, 0.6) is 0 Å². The fourth-order valence-corrected chi connectivity index (χ4v) is 2.39. The van der Waals surface area contributed by atoms with Crippen LogP contribution in [0.1, 0.15) is 31.7 Å². The van der Waals surface area contributed by atoms with Crippen LogP contribution in [0.15, 0.2) is 24.5 Å². The zero-order chi connectivity index (χ0) is 11.4. The van der Waals surface area contributed by atoms with E-state index in [0.717, 1.165) is 38.0 Å². The molecule has 0 amide bonds. The summed E-state index contributed by atoms with van der Waals surface area (Å²) >= 11 is 0. The van der Waals surface area contributed by atoms with Crippen LogP contribution in [-0.2, 0) is 5.60 Å². The molecular weight excluding hydrogens is 200 g/mol. The zero-order valence-electron chi connectivity index (χ0n) is 9.89. The van der Waals surface area contributed by atoms with Crippen molar-refractivity contribution in [2.24, 2.45) is 0 Å². The average molecular weight is 220 g/mol. The van der Waals surface area contributed by atoms with Gasteiger partial charge >= 0.3 is 0 Å². The van der Waals surface area contributed by atoms with Gasteiger partial charge in [-0.3, -0.25) is 4.98 Å². The fourth-order valence-electron chi connectivity index (χ4n) is 2.39. The molecule has 16 heavy (non-hydrogen) atoms. The molecule has 0 aromatic carbocycles. The highest BCUT2D eigenvalue weighted by Gasteiger charge is 2.33. The second-order valence-corrected chi connectivity index (χ2v) is 4.61. The van der Waals surface area contributed by atoms with Gasteiger partial charge in [-0.05, 0) is 31.9 Å². The number of aliphatic hydroxyl groups is 1. The number of hydrogen-bond acceptors (Lipinski definition) is 3. The van der Waals surface area contributed by atoms with Crippen LogP contribution in [0.25, 0.3) is 0 Å². The topological polar surface area (TPSA) is 36.4 Å². The zero-order valence-corrected chi connectivity index (χ0v) is 9.89. The summed E-state index contributed by atoms with van der Waals surface area (Å²) in [6, 6.07) is 3.87. The molecule has 0 bridgehead atoms. The van der Waals surface area contributed by atoms with Gasteiger partial charge in [0.2, 0.25) is 0 Å². The molecule has 88 valence electrons. The van der Waals surface area contributed by atoms with E-state index in [-0.39, 0.29) is 0 Å². The molecule has 1 aliphatic heterocycles. The van der Waals surface area contributed by atoms with E-state index in [2.05, 4.69) is 16.8 Å². The summed E-state index contributed by atoms with van der Waals surface area (Å²) < 4.78 is 0. The molecule has 1 fully saturated rings. The van der Waals surface area contributed by atoms with Crippen molar-refractivity contribution in [3.8, 4) is 0 Å². The number of pyridine rings is 1. The summed E-state index contributed by atoms with van der Waals surface area (Å²) in [5.74, 6) is 0. The van der Waals surface area contributed by atoms with Gasteiger partial charge in [-0.1, -0.05) is 13.0 Å². The summed E-state index contributed by atoms with van der Waals surface area (Å²) in [5.41, 5.74) is 0.310. The van der Waals surface area contributed by atoms with E-state index in [1.165, 1.54) is 6.42 Å². The molecule has 2 heterocycles. The van der Waals surface area contributed by atoms with Gasteiger partial charge in [-0.25, -0.2) is 0 Å². The highest BCUT2D eigenvalue weighted by molar-refractivity contribution is 5.18. The molecule has 0 spiro atoms. The van der Waals surface area contributed by atoms with E-state index in [1.807, 2.05) is 12.1 Å². The third kappa shape index (κ3) is 2.42. The summed E-state index contributed by atoms with van der Waals surface area (Å²) in [5, 5.41) is 10.6. The first kappa shape index (κ1) is 11.6. The second-order valence-electron chi connectivity index (χ2n) is 4.61. The van der Waals surface area contributed by atoms with Gasteiger partial charge in [0.05, 0.1) is 5.60 Å². The Morgan fingerprint density at radius 3 is 2.75 bits per heavy atom. The second kappa shape index (κ2) is 4.93. The molecule has 0 unspecified atom stereocenters. The maximum absolute atomic E-state index is 10.6. The van der Waals surface area contributed by atoms with Gasteiger partial charge in [-0.15, -0.1) is 0 Å². The van der Waals surface area contributed by atoms with E-state index in [4.69, 9.17) is 0 Å². The van der Waals surface area contributed by atoms with Crippen LogP contribution in [0.4, 0.5) is 0 Å². The summed E-state index contributed by atoms with van der Waals surface area (Å²) in [7, 11) is 0. The third-order valence-electron chi connectivity index (χ3n) is 3.42. The lowest BCUT2D eigenvalue weighted by atomic mass is 9.85. The number of hydrogen-bond donors (Lipinski definition) is 1. The lowest BCUT2D eigenvalue weighted by Crippen LogP contribution is -2.42. The number of rotatable bonds is 3. The predicted octanol–water partition coefficient (Wildman–Crippen LogP) is 1.77. The highest BCUT2D eigenvalue weighted by atomic mass is 16.3. The summed E-state index contributed by atoms with van der Waals surface area (Å²) in [4.78, 5) is 6.51. The standard InChI is InChI=1S/C13H20N2O/c1-2-8-15-9-5-13(16,6-10-15)12-4-3-7-14-11-12/h3-4,7,11,16H,2,5-6,8-10H2,1H3. The molecule has 0 aliphatic carbocycles. The third-order valence-corrected chi connectivity index (χ3v) is 3.42. The first-order chi connectivity index (χ1) is 7.74. The Balaban J connectivity index is 2.01. The Bertz CT molecular complexity index is 318. The van der Waals surface area contributed by atoms with Crippen molar-refractivity contribution >= 4 is 0 Å². The summed E-state index contributed by atoms with van der Waals surface area (Å²) in [6.07, 6.45) is 6.36. The van der Waals surface area contributed by atoms with Gasteiger partial charge in [-0.2, -0.15) is 0 Å². The molecule has 0 saturated carbocycles. The van der Waals surface area contributed by atoms with Gasteiger partial charge in [0.1, 0.15) is 0 Å². The molecule has 1 saturated heterocycles. The molecule has 3 nitrogen and oxygen atoms in total. The Morgan fingerprint density at radius 2 is 2.19 bits per heavy atom. The lowest BCUT2D eigenvalue weighted by Gasteiger charge is -2.38. The molecule has 0 atom stereocenters. The SMILES string of the molecule is CCCN1CCC(O)(c2cccnc2)CC1. The summed E-state index contributed by atoms with van der Waals surface area (Å²) in [6.45, 7) is 5.31. The van der Waals surface area contributed by atoms with Crippen molar-refractivity contribution in [2.75, 3.05) is 19.6 Å². The van der Waals surface area contributed by atoms with Crippen LogP contribution >= 0.6 is 0 Å². The van der Waals surface area contributed by atoms with Crippen molar-refractivity contribution in [2.45, 2.75) is 31.8 Å². The minimum Gasteiger partial charge on any atom is -0.385 e. The van der Waals surface area contributed by atoms with E-state index in [9.17, 15) is 5.11 Å². The predicted molar refractivity (Wildman–Crippen MR) is 64.1 cm³/mol. The molecule has 2 rings (SSSR count). The number of piperidine rings is 1. The van der Waals surface area contributed by atoms with Crippen molar-refractivity contribution in [3.05, 3.63) is 30.1 Å². The lowest BCUT2D eigenvalue weighted by molar-refractivity contribution is -0.0260. The quantitative estimate of drug-likeness (QED) is 0.843. The molecule has 1 aromatic heterocycles. The molecule has 0 radical (unpaired) electrons. The average Bonchev–Trinajstić information content (AvgIpc) is 2.34. The molecule has 1 aliphatic rings. The van der Waals surface area contributed by atoms with Crippen LogP contribution < -0.4 is 0 Å². The van der Waals surface area contributed by atoms with Crippen molar-refractivity contribution in [1.82, 2.24) is 9.88 Å². The number of aromatic nitrogens is 1. The molecule has 1 aromatic rings. The van der Waals surface area contributed by atoms with E-state index in [1.54, 1.807) is 12.4 Å². The van der Waals surface area contributed by atoms with Crippen molar-refractivity contribution in [3.63, 3.8) is 0 Å². The first-order valence-electron chi connectivity index (χ1n) is 6.10.